The van der Waals surface area contributed by atoms with Gasteiger partial charge in [-0.05, 0) is 43.7 Å². The molecule has 0 aliphatic carbocycles. The van der Waals surface area contributed by atoms with E-state index in [0.717, 1.165) is 22.5 Å². The van der Waals surface area contributed by atoms with E-state index in [1.54, 1.807) is 18.2 Å². The highest BCUT2D eigenvalue weighted by Crippen LogP contribution is 2.19. The van der Waals surface area contributed by atoms with Crippen LogP contribution >= 0.6 is 0 Å². The molecule has 1 heterocycles. The molecule has 0 aliphatic rings. The largest absolute Gasteiger partial charge is 0.326 e. The Kier molecular flexibility index (Phi) is 5.64. The first kappa shape index (κ1) is 19.0. The van der Waals surface area contributed by atoms with Gasteiger partial charge in [0.2, 0.25) is 11.9 Å². The van der Waals surface area contributed by atoms with Crippen molar-refractivity contribution >= 4 is 34.8 Å². The molecule has 0 atom stereocenters. The second-order valence-corrected chi connectivity index (χ2v) is 6.45. The minimum Gasteiger partial charge on any atom is -0.326 e. The van der Waals surface area contributed by atoms with Crippen LogP contribution in [-0.4, -0.2) is 21.8 Å². The smallest absolute Gasteiger partial charge is 0.258 e. The third-order valence-corrected chi connectivity index (χ3v) is 3.98. The Bertz CT molecular complexity index is 1020. The average molecular weight is 375 g/mol. The first-order chi connectivity index (χ1) is 13.4. The number of aromatic nitrogens is 2. The molecule has 3 aromatic rings. The SMILES string of the molecule is CC(=O)Nc1cccc(Nc2ncc(C(=O)Nc3ccc(C)cc3C)cn2)c1. The van der Waals surface area contributed by atoms with Crippen LogP contribution in [0.2, 0.25) is 0 Å². The van der Waals surface area contributed by atoms with Gasteiger partial charge in [-0.3, -0.25) is 9.59 Å². The number of nitrogens with zero attached hydrogens (tertiary/aromatic N) is 2. The highest BCUT2D eigenvalue weighted by molar-refractivity contribution is 6.04. The first-order valence-corrected chi connectivity index (χ1v) is 8.76. The van der Waals surface area contributed by atoms with Crippen molar-refractivity contribution in [1.82, 2.24) is 9.97 Å². The third-order valence-electron chi connectivity index (χ3n) is 3.98. The zero-order valence-electron chi connectivity index (χ0n) is 15.9. The number of anilines is 4. The maximum atomic E-state index is 12.4. The van der Waals surface area contributed by atoms with Crippen LogP contribution in [0, 0.1) is 13.8 Å². The van der Waals surface area contributed by atoms with Crippen LogP contribution < -0.4 is 16.0 Å². The first-order valence-electron chi connectivity index (χ1n) is 8.76. The number of hydrogen-bond acceptors (Lipinski definition) is 5. The van der Waals surface area contributed by atoms with Crippen molar-refractivity contribution in [3.05, 3.63) is 71.5 Å². The van der Waals surface area contributed by atoms with Crippen molar-refractivity contribution in [3.8, 4) is 0 Å². The number of rotatable bonds is 5. The van der Waals surface area contributed by atoms with Crippen molar-refractivity contribution in [2.75, 3.05) is 16.0 Å². The summed E-state index contributed by atoms with van der Waals surface area (Å²) in [5.74, 6) is -0.0678. The van der Waals surface area contributed by atoms with Crippen LogP contribution in [0.5, 0.6) is 0 Å². The molecule has 0 bridgehead atoms. The monoisotopic (exact) mass is 375 g/mol. The van der Waals surface area contributed by atoms with Crippen LogP contribution in [0.4, 0.5) is 23.0 Å². The molecule has 0 spiro atoms. The second-order valence-electron chi connectivity index (χ2n) is 6.45. The van der Waals surface area contributed by atoms with Gasteiger partial charge in [0.05, 0.1) is 5.56 Å². The Morgan fingerprint density at radius 1 is 0.893 bits per heavy atom. The lowest BCUT2D eigenvalue weighted by atomic mass is 10.1. The molecule has 3 N–H and O–H groups in total. The van der Waals surface area contributed by atoms with E-state index in [2.05, 4.69) is 25.9 Å². The van der Waals surface area contributed by atoms with E-state index in [9.17, 15) is 9.59 Å². The van der Waals surface area contributed by atoms with Crippen molar-refractivity contribution in [2.24, 2.45) is 0 Å². The van der Waals surface area contributed by atoms with Gasteiger partial charge < -0.3 is 16.0 Å². The normalized spacial score (nSPS) is 10.2. The molecule has 0 radical (unpaired) electrons. The van der Waals surface area contributed by atoms with Crippen molar-refractivity contribution < 1.29 is 9.59 Å². The van der Waals surface area contributed by atoms with Gasteiger partial charge in [-0.1, -0.05) is 23.8 Å². The fourth-order valence-corrected chi connectivity index (χ4v) is 2.67. The van der Waals surface area contributed by atoms with E-state index in [1.807, 2.05) is 38.1 Å². The van der Waals surface area contributed by atoms with Crippen LogP contribution in [-0.2, 0) is 4.79 Å². The summed E-state index contributed by atoms with van der Waals surface area (Å²) in [5, 5.41) is 8.63. The predicted octanol–water partition coefficient (Wildman–Crippen LogP) is 4.05. The summed E-state index contributed by atoms with van der Waals surface area (Å²) in [6, 6.07) is 13.0. The van der Waals surface area contributed by atoms with Gasteiger partial charge in [0, 0.05) is 36.4 Å². The Morgan fingerprint density at radius 2 is 1.61 bits per heavy atom. The fourth-order valence-electron chi connectivity index (χ4n) is 2.67. The van der Waals surface area contributed by atoms with Crippen molar-refractivity contribution in [1.29, 1.82) is 0 Å². The molecule has 28 heavy (non-hydrogen) atoms. The fraction of sp³-hybridized carbons (Fsp3) is 0.143. The number of aryl methyl sites for hydroxylation is 2. The molecule has 0 fully saturated rings. The average Bonchev–Trinajstić information content (AvgIpc) is 2.64. The Hall–Kier alpha value is -3.74. The number of hydrogen-bond donors (Lipinski definition) is 3. The van der Waals surface area contributed by atoms with E-state index < -0.39 is 0 Å². The van der Waals surface area contributed by atoms with Gasteiger partial charge in [0.15, 0.2) is 0 Å². The topological polar surface area (TPSA) is 96.0 Å². The molecule has 7 nitrogen and oxygen atoms in total. The molecule has 0 unspecified atom stereocenters. The van der Waals surface area contributed by atoms with Crippen LogP contribution in [0.25, 0.3) is 0 Å². The Labute approximate surface area is 163 Å². The molecule has 3 rings (SSSR count). The van der Waals surface area contributed by atoms with Crippen molar-refractivity contribution in [3.63, 3.8) is 0 Å². The molecule has 1 aromatic heterocycles. The maximum Gasteiger partial charge on any atom is 0.258 e. The van der Waals surface area contributed by atoms with E-state index in [0.29, 0.717) is 17.2 Å². The zero-order chi connectivity index (χ0) is 20.1. The summed E-state index contributed by atoms with van der Waals surface area (Å²) in [6.07, 6.45) is 2.93. The third kappa shape index (κ3) is 4.91. The van der Waals surface area contributed by atoms with E-state index in [1.165, 1.54) is 19.3 Å². The van der Waals surface area contributed by atoms with Gasteiger partial charge in [-0.2, -0.15) is 0 Å². The molecular weight excluding hydrogens is 354 g/mol. The molecule has 0 saturated heterocycles. The maximum absolute atomic E-state index is 12.4. The number of amides is 2. The van der Waals surface area contributed by atoms with Gasteiger partial charge in [0.25, 0.3) is 5.91 Å². The number of carbonyl (C=O) groups excluding carboxylic acids is 2. The van der Waals surface area contributed by atoms with E-state index in [-0.39, 0.29) is 11.8 Å². The van der Waals surface area contributed by atoms with Crippen LogP contribution in [0.1, 0.15) is 28.4 Å². The zero-order valence-corrected chi connectivity index (χ0v) is 15.9. The van der Waals surface area contributed by atoms with E-state index >= 15 is 0 Å². The Morgan fingerprint density at radius 3 is 2.29 bits per heavy atom. The lowest BCUT2D eigenvalue weighted by molar-refractivity contribution is -0.114. The molecular formula is C21H21N5O2. The standard InChI is InChI=1S/C21H21N5O2/c1-13-7-8-19(14(2)9-13)26-20(28)16-11-22-21(23-12-16)25-18-6-4-5-17(10-18)24-15(3)27/h4-12H,1-3H3,(H,24,27)(H,26,28)(H,22,23,25). The van der Waals surface area contributed by atoms with Gasteiger partial charge in [0.1, 0.15) is 0 Å². The van der Waals surface area contributed by atoms with Gasteiger partial charge in [-0.15, -0.1) is 0 Å². The lowest BCUT2D eigenvalue weighted by Crippen LogP contribution is -2.14. The summed E-state index contributed by atoms with van der Waals surface area (Å²) >= 11 is 0. The van der Waals surface area contributed by atoms with E-state index in [4.69, 9.17) is 0 Å². The number of benzene rings is 2. The molecule has 0 saturated carbocycles. The van der Waals surface area contributed by atoms with Crippen LogP contribution in [0.15, 0.2) is 54.9 Å². The summed E-state index contributed by atoms with van der Waals surface area (Å²) in [6.45, 7) is 5.40. The van der Waals surface area contributed by atoms with Gasteiger partial charge in [-0.25, -0.2) is 9.97 Å². The lowest BCUT2D eigenvalue weighted by Gasteiger charge is -2.10. The summed E-state index contributed by atoms with van der Waals surface area (Å²) in [7, 11) is 0. The molecule has 7 heteroatoms. The number of carbonyl (C=O) groups is 2. The summed E-state index contributed by atoms with van der Waals surface area (Å²) in [5.41, 5.74) is 4.63. The van der Waals surface area contributed by atoms with Crippen molar-refractivity contribution in [2.45, 2.75) is 20.8 Å². The highest BCUT2D eigenvalue weighted by Gasteiger charge is 2.09. The predicted molar refractivity (Wildman–Crippen MR) is 110 cm³/mol. The quantitative estimate of drug-likeness (QED) is 0.625. The van der Waals surface area contributed by atoms with Gasteiger partial charge >= 0.3 is 0 Å². The number of nitrogens with one attached hydrogen (secondary N) is 3. The summed E-state index contributed by atoms with van der Waals surface area (Å²) in [4.78, 5) is 32.0. The molecule has 0 aliphatic heterocycles. The minimum absolute atomic E-state index is 0.146. The minimum atomic E-state index is -0.272. The molecule has 2 aromatic carbocycles. The molecule has 142 valence electrons. The van der Waals surface area contributed by atoms with Crippen LogP contribution in [0.3, 0.4) is 0 Å². The molecule has 2 amide bonds. The second kappa shape index (κ2) is 8.30. The Balaban J connectivity index is 1.67. The summed E-state index contributed by atoms with van der Waals surface area (Å²) < 4.78 is 0. The highest BCUT2D eigenvalue weighted by atomic mass is 16.2.